The first kappa shape index (κ1) is 15.3. The summed E-state index contributed by atoms with van der Waals surface area (Å²) in [6.45, 7) is 9.42. The molecule has 1 aliphatic carbocycles. The van der Waals surface area contributed by atoms with Crippen LogP contribution in [-0.4, -0.2) is 23.6 Å². The van der Waals surface area contributed by atoms with Crippen molar-refractivity contribution >= 4 is 11.9 Å². The summed E-state index contributed by atoms with van der Waals surface area (Å²) in [5.74, 6) is -0.468. The van der Waals surface area contributed by atoms with Gasteiger partial charge in [0.2, 0.25) is 0 Å². The molecule has 0 spiro atoms. The largest absolute Gasteiger partial charge is 0.458 e. The molecule has 0 aromatic heterocycles. The van der Waals surface area contributed by atoms with Gasteiger partial charge in [-0.2, -0.15) is 0 Å². The number of fused-ring (bicyclic) bond motifs is 1. The Kier molecular flexibility index (Phi) is 3.64. The number of hydrogen-bond donors (Lipinski definition) is 0. The Morgan fingerprint density at radius 2 is 2.05 bits per heavy atom. The van der Waals surface area contributed by atoms with Gasteiger partial charge in [-0.3, -0.25) is 9.59 Å². The van der Waals surface area contributed by atoms with Crippen LogP contribution in [0, 0.1) is 10.8 Å². The smallest absolute Gasteiger partial charge is 0.316 e. The molecule has 2 atom stereocenters. The number of rotatable bonds is 3. The summed E-state index contributed by atoms with van der Waals surface area (Å²) < 4.78 is 11.5. The third kappa shape index (κ3) is 2.04. The molecule has 0 aromatic rings. The van der Waals surface area contributed by atoms with E-state index in [0.29, 0.717) is 12.8 Å². The first-order chi connectivity index (χ1) is 9.17. The maximum absolute atomic E-state index is 12.5. The first-order valence-electron chi connectivity index (χ1n) is 7.62. The van der Waals surface area contributed by atoms with Crippen LogP contribution in [0.25, 0.3) is 0 Å². The van der Waals surface area contributed by atoms with E-state index in [1.807, 2.05) is 34.6 Å². The fourth-order valence-corrected chi connectivity index (χ4v) is 3.12. The van der Waals surface area contributed by atoms with Crippen molar-refractivity contribution in [2.45, 2.75) is 78.4 Å². The van der Waals surface area contributed by atoms with Crippen LogP contribution in [0.3, 0.4) is 0 Å². The van der Waals surface area contributed by atoms with Crippen LogP contribution in [0.5, 0.6) is 0 Å². The minimum absolute atomic E-state index is 0.224. The zero-order chi connectivity index (χ0) is 15.2. The van der Waals surface area contributed by atoms with Gasteiger partial charge < -0.3 is 9.47 Å². The quantitative estimate of drug-likeness (QED) is 0.746. The monoisotopic (exact) mass is 282 g/mol. The summed E-state index contributed by atoms with van der Waals surface area (Å²) >= 11 is 0. The average molecular weight is 282 g/mol. The molecule has 0 radical (unpaired) electrons. The normalized spacial score (nSPS) is 32.5. The van der Waals surface area contributed by atoms with Crippen LogP contribution in [0.1, 0.15) is 66.7 Å². The number of esters is 2. The van der Waals surface area contributed by atoms with Crippen molar-refractivity contribution in [2.75, 3.05) is 0 Å². The molecule has 2 fully saturated rings. The van der Waals surface area contributed by atoms with Gasteiger partial charge in [0.15, 0.2) is 5.60 Å². The summed E-state index contributed by atoms with van der Waals surface area (Å²) in [6.07, 6.45) is 3.91. The highest BCUT2D eigenvalue weighted by Crippen LogP contribution is 2.53. The zero-order valence-corrected chi connectivity index (χ0v) is 13.2. The minimum atomic E-state index is -0.786. The fraction of sp³-hybridized carbons (Fsp3) is 0.875. The number of hydrogen-bond acceptors (Lipinski definition) is 4. The Labute approximate surface area is 121 Å². The molecule has 1 heterocycles. The lowest BCUT2D eigenvalue weighted by Gasteiger charge is -2.44. The van der Waals surface area contributed by atoms with Crippen LogP contribution in [0.2, 0.25) is 0 Å². The van der Waals surface area contributed by atoms with Crippen molar-refractivity contribution in [1.82, 2.24) is 0 Å². The number of carbonyl (C=O) groups excluding carboxylic acids is 2. The number of ether oxygens (including phenoxy) is 2. The minimum Gasteiger partial charge on any atom is -0.458 e. The standard InChI is InChI=1S/C16H26O4/c1-6-14(2,3)12(17)20-16-10-8-7-9-11(16)19-13(18)15(16,4)5/h11H,6-10H2,1-5H3. The van der Waals surface area contributed by atoms with Gasteiger partial charge in [-0.25, -0.2) is 0 Å². The second kappa shape index (κ2) is 4.74. The van der Waals surface area contributed by atoms with Crippen molar-refractivity contribution in [3.05, 3.63) is 0 Å². The van der Waals surface area contributed by atoms with Crippen LogP contribution < -0.4 is 0 Å². The highest BCUT2D eigenvalue weighted by molar-refractivity contribution is 5.83. The molecule has 4 nitrogen and oxygen atoms in total. The van der Waals surface area contributed by atoms with Gasteiger partial charge in [0.25, 0.3) is 0 Å². The maximum atomic E-state index is 12.5. The Morgan fingerprint density at radius 3 is 2.65 bits per heavy atom. The molecule has 1 aliphatic heterocycles. The van der Waals surface area contributed by atoms with Gasteiger partial charge >= 0.3 is 11.9 Å². The van der Waals surface area contributed by atoms with E-state index < -0.39 is 16.4 Å². The second-order valence-electron chi connectivity index (χ2n) is 7.28. The lowest BCUT2D eigenvalue weighted by Crippen LogP contribution is -2.55. The van der Waals surface area contributed by atoms with Crippen molar-refractivity contribution in [3.8, 4) is 0 Å². The van der Waals surface area contributed by atoms with E-state index in [9.17, 15) is 9.59 Å². The molecule has 114 valence electrons. The molecule has 0 bridgehead atoms. The summed E-state index contributed by atoms with van der Waals surface area (Å²) in [7, 11) is 0. The molecule has 1 saturated carbocycles. The fourth-order valence-electron chi connectivity index (χ4n) is 3.12. The summed E-state index contributed by atoms with van der Waals surface area (Å²) in [5.41, 5.74) is -2.08. The third-order valence-corrected chi connectivity index (χ3v) is 5.31. The van der Waals surface area contributed by atoms with E-state index in [-0.39, 0.29) is 18.0 Å². The predicted molar refractivity (Wildman–Crippen MR) is 75.0 cm³/mol. The summed E-state index contributed by atoms with van der Waals surface area (Å²) in [5, 5.41) is 0. The van der Waals surface area contributed by atoms with E-state index in [1.165, 1.54) is 0 Å². The van der Waals surface area contributed by atoms with Crippen LogP contribution in [0.15, 0.2) is 0 Å². The molecular weight excluding hydrogens is 256 g/mol. The van der Waals surface area contributed by atoms with Crippen molar-refractivity contribution < 1.29 is 19.1 Å². The molecule has 0 N–H and O–H groups in total. The van der Waals surface area contributed by atoms with Gasteiger partial charge in [-0.15, -0.1) is 0 Å². The lowest BCUT2D eigenvalue weighted by atomic mass is 9.67. The Bertz CT molecular complexity index is 424. The van der Waals surface area contributed by atoms with Crippen molar-refractivity contribution in [1.29, 1.82) is 0 Å². The Hall–Kier alpha value is -1.06. The molecular formula is C16H26O4. The van der Waals surface area contributed by atoms with Crippen LogP contribution >= 0.6 is 0 Å². The van der Waals surface area contributed by atoms with Crippen molar-refractivity contribution in [2.24, 2.45) is 10.8 Å². The van der Waals surface area contributed by atoms with E-state index in [1.54, 1.807) is 0 Å². The first-order valence-corrected chi connectivity index (χ1v) is 7.62. The third-order valence-electron chi connectivity index (χ3n) is 5.31. The average Bonchev–Trinajstić information content (AvgIpc) is 2.58. The molecule has 4 heteroatoms. The second-order valence-corrected chi connectivity index (χ2v) is 7.28. The SMILES string of the molecule is CCC(C)(C)C(=O)OC12CCCCC1OC(=O)C2(C)C. The topological polar surface area (TPSA) is 52.6 Å². The molecule has 1 saturated heterocycles. The van der Waals surface area contributed by atoms with E-state index in [2.05, 4.69) is 0 Å². The molecule has 0 amide bonds. The molecule has 2 rings (SSSR count). The van der Waals surface area contributed by atoms with Crippen LogP contribution in [-0.2, 0) is 19.1 Å². The highest BCUT2D eigenvalue weighted by Gasteiger charge is 2.66. The molecule has 2 aliphatic rings. The van der Waals surface area contributed by atoms with Gasteiger partial charge in [0.1, 0.15) is 11.5 Å². The van der Waals surface area contributed by atoms with Crippen LogP contribution in [0.4, 0.5) is 0 Å². The lowest BCUT2D eigenvalue weighted by molar-refractivity contribution is -0.192. The highest BCUT2D eigenvalue weighted by atomic mass is 16.6. The van der Waals surface area contributed by atoms with Gasteiger partial charge in [-0.05, 0) is 59.8 Å². The zero-order valence-electron chi connectivity index (χ0n) is 13.2. The van der Waals surface area contributed by atoms with E-state index in [4.69, 9.17) is 9.47 Å². The molecule has 20 heavy (non-hydrogen) atoms. The van der Waals surface area contributed by atoms with Crippen molar-refractivity contribution in [3.63, 3.8) is 0 Å². The summed E-state index contributed by atoms with van der Waals surface area (Å²) in [6, 6.07) is 0. The van der Waals surface area contributed by atoms with E-state index >= 15 is 0 Å². The number of carbonyl (C=O) groups is 2. The Balaban J connectivity index is 2.33. The molecule has 0 aromatic carbocycles. The van der Waals surface area contributed by atoms with Gasteiger partial charge in [0.05, 0.1) is 5.41 Å². The molecule has 2 unspecified atom stereocenters. The maximum Gasteiger partial charge on any atom is 0.316 e. The predicted octanol–water partition coefficient (Wildman–Crippen LogP) is 3.23. The Morgan fingerprint density at radius 1 is 1.40 bits per heavy atom. The van der Waals surface area contributed by atoms with Gasteiger partial charge in [-0.1, -0.05) is 6.92 Å². The van der Waals surface area contributed by atoms with E-state index in [0.717, 1.165) is 19.3 Å². The summed E-state index contributed by atoms with van der Waals surface area (Å²) in [4.78, 5) is 24.7. The van der Waals surface area contributed by atoms with Gasteiger partial charge in [0, 0.05) is 0 Å².